The molecule has 0 saturated carbocycles. The van der Waals surface area contributed by atoms with E-state index >= 15 is 0 Å². The van der Waals surface area contributed by atoms with Gasteiger partial charge in [0.25, 0.3) is 0 Å². The average molecular weight is 477 g/mol. The van der Waals surface area contributed by atoms with Crippen molar-refractivity contribution < 1.29 is 46.3 Å². The smallest absolute Gasteiger partial charge is 0.313 e. The first-order valence-corrected chi connectivity index (χ1v) is 11.6. The fourth-order valence-electron chi connectivity index (χ4n) is 3.02. The van der Waals surface area contributed by atoms with Gasteiger partial charge in [-0.1, -0.05) is 24.3 Å². The topological polar surface area (TPSA) is 163 Å². The van der Waals surface area contributed by atoms with Gasteiger partial charge in [0, 0.05) is 11.1 Å². The zero-order chi connectivity index (χ0) is 24.2. The Morgan fingerprint density at radius 1 is 0.970 bits per heavy atom. The van der Waals surface area contributed by atoms with Gasteiger partial charge in [0.2, 0.25) is 27.5 Å². The number of hydrogen-bond donors (Lipinski definition) is 1. The molecule has 2 aromatic rings. The highest BCUT2D eigenvalue weighted by atomic mass is 32.2. The van der Waals surface area contributed by atoms with Crippen molar-refractivity contribution in [2.24, 2.45) is 0 Å². The standard InChI is InChI=1S/C21H19NO10S/c1-33(28,29)22-17(24)6-7-30-8-9-31-18(25)11-15(23)16-10-14-19(26)12-4-2-3-5-13(12)20(27)21(14)32-16/h2-5,10H,6-9,11H2,1H3,(H,22,24). The Morgan fingerprint density at radius 3 is 2.30 bits per heavy atom. The van der Waals surface area contributed by atoms with Crippen molar-refractivity contribution in [3.05, 3.63) is 58.5 Å². The number of carbonyl (C=O) groups is 5. The van der Waals surface area contributed by atoms with E-state index in [2.05, 4.69) is 0 Å². The molecule has 33 heavy (non-hydrogen) atoms. The number of carbonyl (C=O) groups excluding carboxylic acids is 5. The number of hydrogen-bond acceptors (Lipinski definition) is 10. The van der Waals surface area contributed by atoms with E-state index < -0.39 is 45.7 Å². The summed E-state index contributed by atoms with van der Waals surface area (Å²) in [5.74, 6) is -3.91. The Bertz CT molecular complexity index is 1190. The molecule has 0 unspecified atom stereocenters. The van der Waals surface area contributed by atoms with E-state index in [0.29, 0.717) is 0 Å². The highest BCUT2D eigenvalue weighted by Gasteiger charge is 2.34. The van der Waals surface area contributed by atoms with Crippen LogP contribution in [0.25, 0.3) is 0 Å². The van der Waals surface area contributed by atoms with E-state index in [0.717, 1.165) is 12.3 Å². The highest BCUT2D eigenvalue weighted by molar-refractivity contribution is 7.89. The number of benzene rings is 1. The van der Waals surface area contributed by atoms with Crippen LogP contribution >= 0.6 is 0 Å². The Balaban J connectivity index is 1.46. The van der Waals surface area contributed by atoms with Crippen molar-refractivity contribution in [1.82, 2.24) is 4.72 Å². The fourth-order valence-corrected chi connectivity index (χ4v) is 3.54. The molecule has 174 valence electrons. The number of Topliss-reactive ketones (excluding diaryl/α,β-unsaturated/α-hetero) is 1. The molecule has 1 aliphatic carbocycles. The molecule has 1 aromatic carbocycles. The van der Waals surface area contributed by atoms with Crippen LogP contribution in [0.15, 0.2) is 34.7 Å². The van der Waals surface area contributed by atoms with Gasteiger partial charge in [-0.3, -0.25) is 28.7 Å². The van der Waals surface area contributed by atoms with Crippen molar-refractivity contribution >= 4 is 39.2 Å². The molecule has 0 bridgehead atoms. The van der Waals surface area contributed by atoms with Crippen LogP contribution in [0.1, 0.15) is 55.4 Å². The number of ether oxygens (including phenoxy) is 2. The summed E-state index contributed by atoms with van der Waals surface area (Å²) in [7, 11) is -3.64. The molecule has 0 fully saturated rings. The Labute approximate surface area is 188 Å². The van der Waals surface area contributed by atoms with Gasteiger partial charge in [-0.05, 0) is 6.07 Å². The van der Waals surface area contributed by atoms with Gasteiger partial charge < -0.3 is 13.9 Å². The Kier molecular flexibility index (Phi) is 7.19. The maximum atomic E-state index is 12.6. The van der Waals surface area contributed by atoms with E-state index in [9.17, 15) is 32.4 Å². The van der Waals surface area contributed by atoms with Gasteiger partial charge in [0.15, 0.2) is 17.3 Å². The summed E-state index contributed by atoms with van der Waals surface area (Å²) in [5, 5.41) is 0. The fraction of sp³-hybridized carbons (Fsp3) is 0.286. The molecule has 0 aliphatic heterocycles. The number of amides is 1. The number of rotatable bonds is 10. The quantitative estimate of drug-likeness (QED) is 0.190. The van der Waals surface area contributed by atoms with Gasteiger partial charge in [-0.15, -0.1) is 0 Å². The minimum Gasteiger partial charge on any atom is -0.463 e. The van der Waals surface area contributed by atoms with E-state index in [1.165, 1.54) is 12.1 Å². The summed E-state index contributed by atoms with van der Waals surface area (Å²) >= 11 is 0. The first-order chi connectivity index (χ1) is 15.6. The summed E-state index contributed by atoms with van der Waals surface area (Å²) in [6, 6.07) is 7.36. The number of furan rings is 1. The number of ketones is 3. The Hall–Kier alpha value is -3.64. The maximum absolute atomic E-state index is 12.6. The number of fused-ring (bicyclic) bond motifs is 2. The van der Waals surface area contributed by atoms with Crippen molar-refractivity contribution in [2.75, 3.05) is 26.1 Å². The van der Waals surface area contributed by atoms with Gasteiger partial charge in [-0.2, -0.15) is 0 Å². The molecular formula is C21H19NO10S. The molecule has 1 N–H and O–H groups in total. The summed E-state index contributed by atoms with van der Waals surface area (Å²) in [4.78, 5) is 60.6. The maximum Gasteiger partial charge on any atom is 0.313 e. The van der Waals surface area contributed by atoms with Crippen LogP contribution in [0, 0.1) is 0 Å². The molecule has 0 spiro atoms. The molecule has 3 rings (SSSR count). The molecule has 0 atom stereocenters. The Morgan fingerprint density at radius 2 is 1.64 bits per heavy atom. The summed E-state index contributed by atoms with van der Waals surface area (Å²) in [5.41, 5.74) is 0.350. The van der Waals surface area contributed by atoms with Crippen LogP contribution in [0.5, 0.6) is 0 Å². The predicted molar refractivity (Wildman–Crippen MR) is 110 cm³/mol. The van der Waals surface area contributed by atoms with E-state index in [1.54, 1.807) is 16.9 Å². The average Bonchev–Trinajstić information content (AvgIpc) is 3.19. The second kappa shape index (κ2) is 9.88. The third-order valence-electron chi connectivity index (χ3n) is 4.44. The monoisotopic (exact) mass is 477 g/mol. The normalized spacial score (nSPS) is 12.6. The van der Waals surface area contributed by atoms with Crippen LogP contribution in [0.4, 0.5) is 0 Å². The minimum atomic E-state index is -3.64. The van der Waals surface area contributed by atoms with Crippen LogP contribution in [0.2, 0.25) is 0 Å². The number of sulfonamides is 1. The zero-order valence-electron chi connectivity index (χ0n) is 17.4. The van der Waals surface area contributed by atoms with Crippen molar-refractivity contribution in [2.45, 2.75) is 12.8 Å². The lowest BCUT2D eigenvalue weighted by Crippen LogP contribution is -2.30. The van der Waals surface area contributed by atoms with E-state index in [4.69, 9.17) is 13.9 Å². The molecule has 0 saturated heterocycles. The molecule has 0 radical (unpaired) electrons. The first kappa shape index (κ1) is 24.0. The second-order valence-corrected chi connectivity index (χ2v) is 8.79. The summed E-state index contributed by atoms with van der Waals surface area (Å²) < 4.78 is 38.8. The number of esters is 1. The lowest BCUT2D eigenvalue weighted by molar-refractivity contribution is -0.144. The SMILES string of the molecule is CS(=O)(=O)NC(=O)CCOCCOC(=O)CC(=O)c1cc2c(o1)C(=O)c1ccccc1C2=O. The summed E-state index contributed by atoms with van der Waals surface area (Å²) in [6.07, 6.45) is -0.0401. The van der Waals surface area contributed by atoms with Gasteiger partial charge in [0.1, 0.15) is 13.0 Å². The highest BCUT2D eigenvalue weighted by Crippen LogP contribution is 2.30. The zero-order valence-corrected chi connectivity index (χ0v) is 18.2. The molecule has 1 amide bonds. The van der Waals surface area contributed by atoms with Crippen molar-refractivity contribution in [1.29, 1.82) is 0 Å². The molecule has 11 nitrogen and oxygen atoms in total. The minimum absolute atomic E-state index is 0.0382. The van der Waals surface area contributed by atoms with Gasteiger partial charge in [0.05, 0.1) is 31.5 Å². The third kappa shape index (κ3) is 5.99. The van der Waals surface area contributed by atoms with Crippen molar-refractivity contribution in [3.8, 4) is 0 Å². The van der Waals surface area contributed by atoms with E-state index in [1.807, 2.05) is 0 Å². The molecule has 1 aliphatic rings. The van der Waals surface area contributed by atoms with Crippen LogP contribution in [-0.4, -0.2) is 63.7 Å². The van der Waals surface area contributed by atoms with Gasteiger partial charge in [-0.25, -0.2) is 8.42 Å². The molecule has 12 heteroatoms. The van der Waals surface area contributed by atoms with Crippen molar-refractivity contribution in [3.63, 3.8) is 0 Å². The molecule has 1 aromatic heterocycles. The van der Waals surface area contributed by atoms with Crippen LogP contribution in [0.3, 0.4) is 0 Å². The summed E-state index contributed by atoms with van der Waals surface area (Å²) in [6.45, 7) is -0.386. The molecule has 1 heterocycles. The lowest BCUT2D eigenvalue weighted by atomic mass is 9.88. The van der Waals surface area contributed by atoms with Crippen LogP contribution < -0.4 is 4.72 Å². The predicted octanol–water partition coefficient (Wildman–Crippen LogP) is 0.654. The van der Waals surface area contributed by atoms with E-state index in [-0.39, 0.29) is 54.5 Å². The largest absolute Gasteiger partial charge is 0.463 e. The third-order valence-corrected chi connectivity index (χ3v) is 5.04. The first-order valence-electron chi connectivity index (χ1n) is 9.66. The molecular weight excluding hydrogens is 458 g/mol. The van der Waals surface area contributed by atoms with Crippen LogP contribution in [-0.2, 0) is 29.1 Å². The van der Waals surface area contributed by atoms with Gasteiger partial charge >= 0.3 is 5.97 Å². The number of nitrogens with one attached hydrogen (secondary N) is 1. The second-order valence-electron chi connectivity index (χ2n) is 7.04. The lowest BCUT2D eigenvalue weighted by Gasteiger charge is -2.11.